The van der Waals surface area contributed by atoms with Crippen molar-refractivity contribution >= 4 is 34.1 Å². The fraction of sp³-hybridized carbons (Fsp3) is 0.389. The molecule has 0 saturated heterocycles. The average molecular weight is 455 g/mol. The molecule has 0 bridgehead atoms. The van der Waals surface area contributed by atoms with Crippen molar-refractivity contribution in [3.05, 3.63) is 35.7 Å². The zero-order valence-corrected chi connectivity index (χ0v) is 17.5. The minimum Gasteiger partial charge on any atom is -0.338 e. The molecule has 1 fully saturated rings. The van der Waals surface area contributed by atoms with E-state index in [0.717, 1.165) is 25.0 Å². The summed E-state index contributed by atoms with van der Waals surface area (Å²) in [5.41, 5.74) is -0.558. The molecule has 2 aromatic heterocycles. The normalized spacial score (nSPS) is 15.2. The lowest BCUT2D eigenvalue weighted by molar-refractivity contribution is -0.137. The number of carbonyl (C=O) groups is 1. The first kappa shape index (κ1) is 20.8. The molecule has 0 N–H and O–H groups in total. The van der Waals surface area contributed by atoms with Crippen LogP contribution < -0.4 is 4.90 Å². The highest BCUT2D eigenvalue weighted by Gasteiger charge is 2.34. The summed E-state index contributed by atoms with van der Waals surface area (Å²) in [5, 5.41) is 12.3. The molecule has 2 heterocycles. The third-order valence-corrected chi connectivity index (χ3v) is 6.46. The van der Waals surface area contributed by atoms with Gasteiger partial charge in [-0.15, -0.1) is 10.2 Å². The molecule has 1 aromatic carbocycles. The Bertz CT molecular complexity index is 1060. The highest BCUT2D eigenvalue weighted by Crippen LogP contribution is 2.40. The zero-order chi connectivity index (χ0) is 21.5. The summed E-state index contributed by atoms with van der Waals surface area (Å²) in [7, 11) is 0. The van der Waals surface area contributed by atoms with Crippen LogP contribution in [-0.2, 0) is 11.0 Å². The molecule has 1 amide bonds. The maximum atomic E-state index is 12.9. The number of carbonyl (C=O) groups excluding carboxylic acids is 1. The van der Waals surface area contributed by atoms with Crippen LogP contribution in [0.4, 0.5) is 18.3 Å². The van der Waals surface area contributed by atoms with Gasteiger partial charge in [-0.2, -0.15) is 18.2 Å². The predicted molar refractivity (Wildman–Crippen MR) is 105 cm³/mol. The van der Waals surface area contributed by atoms with E-state index in [1.165, 1.54) is 42.2 Å². The van der Waals surface area contributed by atoms with Crippen LogP contribution in [0, 0.1) is 0 Å². The third-order valence-electron chi connectivity index (χ3n) is 4.37. The van der Waals surface area contributed by atoms with Crippen LogP contribution in [0.25, 0.3) is 11.4 Å². The van der Waals surface area contributed by atoms with Gasteiger partial charge in [0.1, 0.15) is 0 Å². The minimum absolute atomic E-state index is 0.0686. The Hall–Kier alpha value is -2.47. The van der Waals surface area contributed by atoms with Crippen molar-refractivity contribution in [1.29, 1.82) is 0 Å². The second-order valence-corrected chi connectivity index (χ2v) is 9.31. The SMILES string of the molecule is CC(=O)N(c1nnc(SC(C)c2nc(-c3cccc(C(F)(F)F)c3)no2)s1)C1CC1. The Morgan fingerprint density at radius 1 is 1.33 bits per heavy atom. The third kappa shape index (κ3) is 4.48. The van der Waals surface area contributed by atoms with Crippen LogP contribution in [-0.4, -0.2) is 32.3 Å². The number of alkyl halides is 3. The monoisotopic (exact) mass is 455 g/mol. The van der Waals surface area contributed by atoms with E-state index in [2.05, 4.69) is 20.3 Å². The number of thioether (sulfide) groups is 1. The quantitative estimate of drug-likeness (QED) is 0.383. The summed E-state index contributed by atoms with van der Waals surface area (Å²) in [5.74, 6) is 0.272. The standard InChI is InChI=1S/C18H16F3N5O2S2/c1-9(29-17-24-23-16(30-17)26(10(2)27)13-6-7-13)15-22-14(25-28-15)11-4-3-5-12(8-11)18(19,20)21/h3-5,8-9,13H,6-7H2,1-2H3. The molecule has 0 radical (unpaired) electrons. The maximum Gasteiger partial charge on any atom is 0.416 e. The van der Waals surface area contributed by atoms with Gasteiger partial charge in [0, 0.05) is 18.5 Å². The number of rotatable bonds is 6. The Morgan fingerprint density at radius 3 is 2.77 bits per heavy atom. The van der Waals surface area contributed by atoms with Crippen molar-refractivity contribution in [3.8, 4) is 11.4 Å². The van der Waals surface area contributed by atoms with E-state index >= 15 is 0 Å². The largest absolute Gasteiger partial charge is 0.416 e. The lowest BCUT2D eigenvalue weighted by atomic mass is 10.1. The van der Waals surface area contributed by atoms with Gasteiger partial charge in [-0.1, -0.05) is 40.4 Å². The Morgan fingerprint density at radius 2 is 2.10 bits per heavy atom. The van der Waals surface area contributed by atoms with Crippen LogP contribution in [0.15, 0.2) is 33.1 Å². The molecule has 30 heavy (non-hydrogen) atoms. The highest BCUT2D eigenvalue weighted by atomic mass is 32.2. The number of anilines is 1. The number of amides is 1. The first-order valence-electron chi connectivity index (χ1n) is 9.03. The Labute approximate surface area is 177 Å². The smallest absolute Gasteiger partial charge is 0.338 e. The molecule has 1 saturated carbocycles. The first-order chi connectivity index (χ1) is 14.2. The molecular weight excluding hydrogens is 439 g/mol. The first-order valence-corrected chi connectivity index (χ1v) is 10.7. The minimum atomic E-state index is -4.45. The zero-order valence-electron chi connectivity index (χ0n) is 15.9. The molecule has 4 rings (SSSR count). The van der Waals surface area contributed by atoms with E-state index in [1.54, 1.807) is 4.90 Å². The van der Waals surface area contributed by atoms with E-state index in [0.29, 0.717) is 9.47 Å². The van der Waals surface area contributed by atoms with Crippen molar-refractivity contribution < 1.29 is 22.5 Å². The second-order valence-electron chi connectivity index (χ2n) is 6.77. The van der Waals surface area contributed by atoms with Gasteiger partial charge >= 0.3 is 6.18 Å². The number of hydrogen-bond acceptors (Lipinski definition) is 8. The van der Waals surface area contributed by atoms with Crippen molar-refractivity contribution in [3.63, 3.8) is 0 Å². The summed E-state index contributed by atoms with van der Waals surface area (Å²) >= 11 is 2.62. The highest BCUT2D eigenvalue weighted by molar-refractivity contribution is 8.01. The molecular formula is C18H16F3N5O2S2. The molecule has 12 heteroatoms. The molecule has 1 aliphatic rings. The summed E-state index contributed by atoms with van der Waals surface area (Å²) in [4.78, 5) is 17.7. The van der Waals surface area contributed by atoms with E-state index in [9.17, 15) is 18.0 Å². The second kappa shape index (κ2) is 7.99. The van der Waals surface area contributed by atoms with Gasteiger partial charge in [0.05, 0.1) is 10.8 Å². The molecule has 158 valence electrons. The average Bonchev–Trinajstić information content (AvgIpc) is 3.20. The van der Waals surface area contributed by atoms with Gasteiger partial charge in [-0.3, -0.25) is 9.69 Å². The number of nitrogens with zero attached hydrogens (tertiary/aromatic N) is 5. The summed E-state index contributed by atoms with van der Waals surface area (Å²) in [6.07, 6.45) is -2.54. The van der Waals surface area contributed by atoms with Crippen LogP contribution in [0.2, 0.25) is 0 Å². The molecule has 1 unspecified atom stereocenters. The Balaban J connectivity index is 1.48. The van der Waals surface area contributed by atoms with E-state index < -0.39 is 11.7 Å². The van der Waals surface area contributed by atoms with Crippen molar-refractivity contribution in [2.45, 2.75) is 48.5 Å². The molecule has 0 spiro atoms. The number of aromatic nitrogens is 4. The summed E-state index contributed by atoms with van der Waals surface area (Å²) in [6.45, 7) is 3.32. The van der Waals surface area contributed by atoms with Crippen LogP contribution in [0.5, 0.6) is 0 Å². The molecule has 1 aliphatic carbocycles. The van der Waals surface area contributed by atoms with Gasteiger partial charge in [-0.05, 0) is 31.9 Å². The topological polar surface area (TPSA) is 85.0 Å². The lowest BCUT2D eigenvalue weighted by Crippen LogP contribution is -2.30. The summed E-state index contributed by atoms with van der Waals surface area (Å²) < 4.78 is 44.6. The molecule has 1 atom stereocenters. The van der Waals surface area contributed by atoms with Gasteiger partial charge < -0.3 is 4.52 Å². The van der Waals surface area contributed by atoms with Crippen LogP contribution in [0.3, 0.4) is 0 Å². The maximum absolute atomic E-state index is 12.9. The van der Waals surface area contributed by atoms with Crippen LogP contribution in [0.1, 0.15) is 43.4 Å². The van der Waals surface area contributed by atoms with E-state index in [1.807, 2.05) is 6.92 Å². The summed E-state index contributed by atoms with van der Waals surface area (Å²) in [6, 6.07) is 4.96. The van der Waals surface area contributed by atoms with E-state index in [4.69, 9.17) is 4.52 Å². The predicted octanol–water partition coefficient (Wildman–Crippen LogP) is 4.98. The van der Waals surface area contributed by atoms with Crippen LogP contribution >= 0.6 is 23.1 Å². The molecule has 0 aliphatic heterocycles. The number of hydrogen-bond donors (Lipinski definition) is 0. The number of benzene rings is 1. The van der Waals surface area contributed by atoms with Crippen molar-refractivity contribution in [2.75, 3.05) is 4.90 Å². The fourth-order valence-corrected chi connectivity index (χ4v) is 4.91. The Kier molecular flexibility index (Phi) is 5.53. The van der Waals surface area contributed by atoms with Gasteiger partial charge in [-0.25, -0.2) is 0 Å². The molecule has 3 aromatic rings. The fourth-order valence-electron chi connectivity index (χ4n) is 2.78. The van der Waals surface area contributed by atoms with Gasteiger partial charge in [0.15, 0.2) is 4.34 Å². The lowest BCUT2D eigenvalue weighted by Gasteiger charge is -2.15. The van der Waals surface area contributed by atoms with Gasteiger partial charge in [0.2, 0.25) is 22.8 Å². The van der Waals surface area contributed by atoms with E-state index in [-0.39, 0.29) is 34.5 Å². The molecule has 7 nitrogen and oxygen atoms in total. The van der Waals surface area contributed by atoms with Gasteiger partial charge in [0.25, 0.3) is 0 Å². The van der Waals surface area contributed by atoms with Crippen molar-refractivity contribution in [2.24, 2.45) is 0 Å². The number of halogens is 3. The van der Waals surface area contributed by atoms with Crippen molar-refractivity contribution in [1.82, 2.24) is 20.3 Å².